The zero-order chi connectivity index (χ0) is 14.8. The Balaban J connectivity index is 2.09. The number of hydrogen-bond acceptors (Lipinski definition) is 8. The van der Waals surface area contributed by atoms with E-state index >= 15 is 0 Å². The molecule has 0 aliphatic heterocycles. The minimum atomic E-state index is -2.58. The standard InChI is InChI=1S/C11H7N5O3S2/c17-10(15-11-16-14-5-20-11)6-3-7-8(13-2-1-12-7)4-9(6)21(18)19/h1-5H,(H,18,19)(H,15,16,17)/p-1. The van der Waals surface area contributed by atoms with Crippen LogP contribution in [0.3, 0.4) is 0 Å². The topological polar surface area (TPSA) is 121 Å². The van der Waals surface area contributed by atoms with E-state index in [1.165, 1.54) is 30.0 Å². The van der Waals surface area contributed by atoms with E-state index < -0.39 is 17.0 Å². The van der Waals surface area contributed by atoms with Crippen LogP contribution in [0.5, 0.6) is 0 Å². The van der Waals surface area contributed by atoms with Gasteiger partial charge in [0, 0.05) is 17.3 Å². The number of benzene rings is 1. The van der Waals surface area contributed by atoms with E-state index in [0.29, 0.717) is 11.0 Å². The second kappa shape index (κ2) is 5.60. The molecule has 1 aromatic carbocycles. The van der Waals surface area contributed by atoms with Crippen molar-refractivity contribution in [2.24, 2.45) is 0 Å². The predicted molar refractivity (Wildman–Crippen MR) is 74.6 cm³/mol. The summed E-state index contributed by atoms with van der Waals surface area (Å²) in [5.41, 5.74) is 2.25. The summed E-state index contributed by atoms with van der Waals surface area (Å²) in [4.78, 5) is 20.1. The number of nitrogens with zero attached hydrogens (tertiary/aromatic N) is 4. The molecule has 1 atom stereocenters. The molecule has 0 saturated heterocycles. The average Bonchev–Trinajstić information content (AvgIpc) is 2.98. The smallest absolute Gasteiger partial charge is 0.258 e. The lowest BCUT2D eigenvalue weighted by Gasteiger charge is -2.12. The maximum absolute atomic E-state index is 12.2. The van der Waals surface area contributed by atoms with Gasteiger partial charge in [-0.15, -0.1) is 10.2 Å². The Morgan fingerprint density at radius 1 is 1.24 bits per heavy atom. The van der Waals surface area contributed by atoms with E-state index in [4.69, 9.17) is 0 Å². The van der Waals surface area contributed by atoms with E-state index in [1.807, 2.05) is 0 Å². The highest BCUT2D eigenvalue weighted by atomic mass is 32.2. The molecule has 0 saturated carbocycles. The zero-order valence-corrected chi connectivity index (χ0v) is 11.8. The van der Waals surface area contributed by atoms with Gasteiger partial charge < -0.3 is 4.55 Å². The molecule has 3 rings (SSSR count). The van der Waals surface area contributed by atoms with Crippen LogP contribution in [-0.4, -0.2) is 34.8 Å². The molecule has 0 aliphatic carbocycles. The van der Waals surface area contributed by atoms with Gasteiger partial charge in [-0.2, -0.15) is 0 Å². The first-order valence-corrected chi connectivity index (χ1v) is 7.52. The SMILES string of the molecule is O=C(Nc1nncs1)c1cc2nccnc2cc1S(=O)[O-]. The molecule has 1 N–H and O–H groups in total. The molecular formula is C11H6N5O3S2-. The molecule has 0 aliphatic rings. The largest absolute Gasteiger partial charge is 0.768 e. The lowest BCUT2D eigenvalue weighted by Crippen LogP contribution is -2.15. The summed E-state index contributed by atoms with van der Waals surface area (Å²) in [6.07, 6.45) is 2.91. The summed E-state index contributed by atoms with van der Waals surface area (Å²) >= 11 is -1.45. The van der Waals surface area contributed by atoms with Gasteiger partial charge in [0.15, 0.2) is 0 Å². The number of rotatable bonds is 3. The molecule has 10 heteroatoms. The summed E-state index contributed by atoms with van der Waals surface area (Å²) in [5.74, 6) is -0.599. The van der Waals surface area contributed by atoms with Gasteiger partial charge in [-0.25, -0.2) is 0 Å². The second-order valence-electron chi connectivity index (χ2n) is 3.83. The number of amides is 1. The van der Waals surface area contributed by atoms with Gasteiger partial charge in [0.2, 0.25) is 5.13 Å². The highest BCUT2D eigenvalue weighted by Gasteiger charge is 2.16. The fourth-order valence-corrected chi connectivity index (χ4v) is 2.68. The molecular weight excluding hydrogens is 314 g/mol. The third-order valence-electron chi connectivity index (χ3n) is 2.58. The zero-order valence-electron chi connectivity index (χ0n) is 10.2. The van der Waals surface area contributed by atoms with Crippen LogP contribution < -0.4 is 5.32 Å². The Morgan fingerprint density at radius 2 is 1.95 bits per heavy atom. The number of carbonyl (C=O) groups is 1. The van der Waals surface area contributed by atoms with E-state index in [0.717, 1.165) is 11.3 Å². The van der Waals surface area contributed by atoms with Crippen molar-refractivity contribution < 1.29 is 13.6 Å². The Hall–Kier alpha value is -2.30. The van der Waals surface area contributed by atoms with E-state index in [9.17, 15) is 13.6 Å². The molecule has 0 bridgehead atoms. The highest BCUT2D eigenvalue weighted by Crippen LogP contribution is 2.21. The van der Waals surface area contributed by atoms with Gasteiger partial charge in [0.1, 0.15) is 5.51 Å². The predicted octanol–water partition coefficient (Wildman–Crippen LogP) is 0.972. The molecule has 1 unspecified atom stereocenters. The van der Waals surface area contributed by atoms with E-state index in [-0.39, 0.29) is 15.6 Å². The van der Waals surface area contributed by atoms with E-state index in [1.54, 1.807) is 0 Å². The van der Waals surface area contributed by atoms with Crippen molar-refractivity contribution in [1.29, 1.82) is 0 Å². The fraction of sp³-hybridized carbons (Fsp3) is 0. The van der Waals surface area contributed by atoms with Crippen LogP contribution in [-0.2, 0) is 11.1 Å². The van der Waals surface area contributed by atoms with Crippen molar-refractivity contribution in [3.8, 4) is 0 Å². The Kier molecular flexibility index (Phi) is 3.64. The van der Waals surface area contributed by atoms with Gasteiger partial charge in [-0.05, 0) is 23.2 Å². The lowest BCUT2D eigenvalue weighted by molar-refractivity contribution is 0.102. The number of aromatic nitrogens is 4. The molecule has 8 nitrogen and oxygen atoms in total. The van der Waals surface area contributed by atoms with Crippen LogP contribution in [0.15, 0.2) is 34.9 Å². The van der Waals surface area contributed by atoms with Gasteiger partial charge in [-0.1, -0.05) is 11.3 Å². The number of carbonyl (C=O) groups excluding carboxylic acids is 1. The van der Waals surface area contributed by atoms with Crippen LogP contribution >= 0.6 is 11.3 Å². The number of nitrogens with one attached hydrogen (secondary N) is 1. The Bertz CT molecular complexity index is 837. The second-order valence-corrected chi connectivity index (χ2v) is 5.57. The third kappa shape index (κ3) is 2.77. The molecule has 0 fully saturated rings. The molecule has 3 aromatic rings. The monoisotopic (exact) mass is 320 g/mol. The minimum absolute atomic E-state index is 0.0217. The molecule has 0 radical (unpaired) electrons. The average molecular weight is 320 g/mol. The van der Waals surface area contributed by atoms with Crippen molar-refractivity contribution in [1.82, 2.24) is 20.2 Å². The van der Waals surface area contributed by atoms with Crippen LogP contribution in [0, 0.1) is 0 Å². The van der Waals surface area contributed by atoms with Crippen LogP contribution in [0.4, 0.5) is 5.13 Å². The summed E-state index contributed by atoms with van der Waals surface area (Å²) < 4.78 is 22.6. The Labute approximate surface area is 124 Å². The molecule has 0 spiro atoms. The van der Waals surface area contributed by atoms with Crippen LogP contribution in [0.25, 0.3) is 11.0 Å². The first kappa shape index (κ1) is 13.7. The van der Waals surface area contributed by atoms with Crippen molar-refractivity contribution in [2.75, 3.05) is 5.32 Å². The summed E-state index contributed by atoms with van der Waals surface area (Å²) in [6, 6.07) is 2.68. The van der Waals surface area contributed by atoms with E-state index in [2.05, 4.69) is 25.5 Å². The van der Waals surface area contributed by atoms with Gasteiger partial charge >= 0.3 is 0 Å². The Morgan fingerprint density at radius 3 is 2.57 bits per heavy atom. The molecule has 21 heavy (non-hydrogen) atoms. The van der Waals surface area contributed by atoms with Crippen molar-refractivity contribution in [3.05, 3.63) is 35.6 Å². The van der Waals surface area contributed by atoms with Gasteiger partial charge in [0.25, 0.3) is 5.91 Å². The van der Waals surface area contributed by atoms with Crippen molar-refractivity contribution in [2.45, 2.75) is 4.90 Å². The number of fused-ring (bicyclic) bond motifs is 1. The molecule has 2 aromatic heterocycles. The summed E-state index contributed by atoms with van der Waals surface area (Å²) in [6.45, 7) is 0. The normalized spacial score (nSPS) is 12.2. The number of hydrogen-bond donors (Lipinski definition) is 1. The quantitative estimate of drug-likeness (QED) is 0.714. The maximum Gasteiger partial charge on any atom is 0.258 e. The lowest BCUT2D eigenvalue weighted by atomic mass is 10.2. The van der Waals surface area contributed by atoms with Crippen LogP contribution in [0.2, 0.25) is 0 Å². The first-order valence-electron chi connectivity index (χ1n) is 5.56. The molecule has 1 amide bonds. The first-order chi connectivity index (χ1) is 10.1. The van der Waals surface area contributed by atoms with Gasteiger partial charge in [0.05, 0.1) is 16.6 Å². The number of anilines is 1. The third-order valence-corrected chi connectivity index (χ3v) is 3.88. The summed E-state index contributed by atoms with van der Waals surface area (Å²) in [5, 5.41) is 10.0. The minimum Gasteiger partial charge on any atom is -0.768 e. The van der Waals surface area contributed by atoms with Gasteiger partial charge in [-0.3, -0.25) is 24.3 Å². The van der Waals surface area contributed by atoms with Crippen molar-refractivity contribution in [3.63, 3.8) is 0 Å². The molecule has 106 valence electrons. The molecule has 2 heterocycles. The van der Waals surface area contributed by atoms with Crippen molar-refractivity contribution >= 4 is 44.5 Å². The fourth-order valence-electron chi connectivity index (χ4n) is 1.70. The summed E-state index contributed by atoms with van der Waals surface area (Å²) in [7, 11) is 0. The van der Waals surface area contributed by atoms with Crippen LogP contribution in [0.1, 0.15) is 10.4 Å². The maximum atomic E-state index is 12.2. The highest BCUT2D eigenvalue weighted by molar-refractivity contribution is 7.79.